The van der Waals surface area contributed by atoms with Crippen molar-refractivity contribution in [3.8, 4) is 0 Å². The van der Waals surface area contributed by atoms with Gasteiger partial charge in [-0.25, -0.2) is 8.42 Å². The number of anilines is 2. The van der Waals surface area contributed by atoms with Crippen molar-refractivity contribution < 1.29 is 13.0 Å². The molecule has 0 aliphatic rings. The fraction of sp³-hybridized carbons (Fsp3) is 0.400. The van der Waals surface area contributed by atoms with Gasteiger partial charge in [-0.15, -0.1) is 0 Å². The quantitative estimate of drug-likeness (QED) is 0.130. The number of benzene rings is 3. The Morgan fingerprint density at radius 1 is 0.703 bits per heavy atom. The van der Waals surface area contributed by atoms with Gasteiger partial charge in [0.1, 0.15) is 10.1 Å². The standard InChI is InChI=1S/C18H30O3S.C12H10N3/c1-2-3-4-5-6-7-8-9-10-11-12-17-13-15-18(16-14-17)22(19,20)21;13-15-12-8-6-11(7-9-12)14-10-4-2-1-3-5-10/h13-16H,2-12H2,1H3,(H,19,20,21);1-9,14H/q;+1/p-1. The first-order valence-electron chi connectivity index (χ1n) is 13.2. The van der Waals surface area contributed by atoms with Crippen LogP contribution in [0.25, 0.3) is 4.98 Å². The normalized spacial score (nSPS) is 10.7. The molecular formula is C30H39N3O3S. The third kappa shape index (κ3) is 13.1. The molecule has 3 rings (SSSR count). The van der Waals surface area contributed by atoms with Crippen LogP contribution in [0.1, 0.15) is 76.7 Å². The SMILES string of the molecule is CCCCCCCCCCCCc1ccc(S(=O)(=O)[O-])cc1.N#[N+]c1ccc(Nc2ccccc2)cc1. The van der Waals surface area contributed by atoms with Gasteiger partial charge in [0, 0.05) is 23.5 Å². The molecule has 3 aromatic carbocycles. The summed E-state index contributed by atoms with van der Waals surface area (Å²) >= 11 is 0. The number of rotatable bonds is 14. The number of nitrogens with zero attached hydrogens (tertiary/aromatic N) is 2. The van der Waals surface area contributed by atoms with E-state index in [1.54, 1.807) is 24.3 Å². The van der Waals surface area contributed by atoms with Crippen LogP contribution in [0.3, 0.4) is 0 Å². The molecule has 0 aliphatic heterocycles. The highest BCUT2D eigenvalue weighted by Crippen LogP contribution is 2.20. The summed E-state index contributed by atoms with van der Waals surface area (Å²) in [4.78, 5) is 2.95. The van der Waals surface area contributed by atoms with Gasteiger partial charge >= 0.3 is 5.69 Å². The monoisotopic (exact) mass is 521 g/mol. The lowest BCUT2D eigenvalue weighted by Crippen LogP contribution is -1.98. The average Bonchev–Trinajstić information content (AvgIpc) is 2.91. The number of hydrogen-bond acceptors (Lipinski definition) is 5. The summed E-state index contributed by atoms with van der Waals surface area (Å²) in [5.74, 6) is 0. The van der Waals surface area contributed by atoms with Gasteiger partial charge in [0.05, 0.1) is 4.90 Å². The van der Waals surface area contributed by atoms with Crippen molar-refractivity contribution >= 4 is 27.2 Å². The summed E-state index contributed by atoms with van der Waals surface area (Å²) in [5.41, 5.74) is 3.65. The van der Waals surface area contributed by atoms with Crippen molar-refractivity contribution in [3.05, 3.63) is 89.4 Å². The van der Waals surface area contributed by atoms with E-state index in [1.807, 2.05) is 42.5 Å². The van der Waals surface area contributed by atoms with Gasteiger partial charge in [-0.3, -0.25) is 0 Å². The van der Waals surface area contributed by atoms with Crippen molar-refractivity contribution in [2.24, 2.45) is 0 Å². The fourth-order valence-electron chi connectivity index (χ4n) is 3.94. The van der Waals surface area contributed by atoms with E-state index >= 15 is 0 Å². The molecule has 0 amide bonds. The summed E-state index contributed by atoms with van der Waals surface area (Å²) in [6.07, 6.45) is 14.0. The van der Waals surface area contributed by atoms with E-state index in [-0.39, 0.29) is 4.90 Å². The molecule has 3 aromatic rings. The van der Waals surface area contributed by atoms with Crippen LogP contribution in [-0.2, 0) is 16.5 Å². The first kappa shape index (κ1) is 30.0. The number of diazo groups is 1. The van der Waals surface area contributed by atoms with E-state index in [0.29, 0.717) is 5.69 Å². The van der Waals surface area contributed by atoms with Crippen LogP contribution in [-0.4, -0.2) is 13.0 Å². The van der Waals surface area contributed by atoms with Crippen molar-refractivity contribution in [2.45, 2.75) is 82.4 Å². The molecule has 0 radical (unpaired) electrons. The lowest BCUT2D eigenvalue weighted by atomic mass is 10.0. The summed E-state index contributed by atoms with van der Waals surface area (Å²) in [6.45, 7) is 2.24. The highest BCUT2D eigenvalue weighted by molar-refractivity contribution is 7.85. The summed E-state index contributed by atoms with van der Waals surface area (Å²) in [5, 5.41) is 11.8. The second-order valence-corrected chi connectivity index (χ2v) is 10.5. The number of hydrogen-bond donors (Lipinski definition) is 1. The Kier molecular flexibility index (Phi) is 14.0. The first-order valence-corrected chi connectivity index (χ1v) is 14.7. The number of nitrogens with one attached hydrogen (secondary N) is 1. The van der Waals surface area contributed by atoms with Crippen molar-refractivity contribution in [1.29, 1.82) is 5.39 Å². The fourth-order valence-corrected chi connectivity index (χ4v) is 4.41. The highest BCUT2D eigenvalue weighted by atomic mass is 32.2. The van der Waals surface area contributed by atoms with Gasteiger partial charge in [0.25, 0.3) is 0 Å². The minimum Gasteiger partial charge on any atom is -0.744 e. The lowest BCUT2D eigenvalue weighted by molar-refractivity contribution is 0.463. The molecule has 7 heteroatoms. The molecule has 0 fully saturated rings. The molecule has 0 unspecified atom stereocenters. The molecule has 198 valence electrons. The molecule has 0 spiro atoms. The largest absolute Gasteiger partial charge is 0.744 e. The Balaban J connectivity index is 0.000000278. The van der Waals surface area contributed by atoms with Crippen LogP contribution in [0.15, 0.2) is 83.8 Å². The maximum atomic E-state index is 10.8. The van der Waals surface area contributed by atoms with Gasteiger partial charge in [-0.05, 0) is 54.8 Å². The third-order valence-corrected chi connectivity index (χ3v) is 6.93. The van der Waals surface area contributed by atoms with Crippen molar-refractivity contribution in [3.63, 3.8) is 0 Å². The number of aryl methyl sites for hydroxylation is 1. The Morgan fingerprint density at radius 2 is 1.22 bits per heavy atom. The topological polar surface area (TPSA) is 97.4 Å². The number of unbranched alkanes of at least 4 members (excludes halogenated alkanes) is 9. The zero-order valence-electron chi connectivity index (χ0n) is 21.8. The van der Waals surface area contributed by atoms with Gasteiger partial charge < -0.3 is 9.87 Å². The Labute approximate surface area is 222 Å². The summed E-state index contributed by atoms with van der Waals surface area (Å²) in [7, 11) is -4.31. The van der Waals surface area contributed by atoms with E-state index in [1.165, 1.54) is 69.9 Å². The van der Waals surface area contributed by atoms with Crippen LogP contribution >= 0.6 is 0 Å². The van der Waals surface area contributed by atoms with Gasteiger partial charge in [0.15, 0.2) is 4.98 Å². The van der Waals surface area contributed by atoms with Crippen molar-refractivity contribution in [1.82, 2.24) is 0 Å². The van der Waals surface area contributed by atoms with E-state index in [4.69, 9.17) is 5.39 Å². The zero-order chi connectivity index (χ0) is 26.8. The van der Waals surface area contributed by atoms with Gasteiger partial charge in [-0.1, -0.05) is 95.0 Å². The molecule has 0 aromatic heterocycles. The molecule has 37 heavy (non-hydrogen) atoms. The number of para-hydroxylation sites is 1. The van der Waals surface area contributed by atoms with Crippen LogP contribution < -0.4 is 5.32 Å². The zero-order valence-corrected chi connectivity index (χ0v) is 22.6. The van der Waals surface area contributed by atoms with E-state index in [2.05, 4.69) is 17.2 Å². The lowest BCUT2D eigenvalue weighted by Gasteiger charge is -2.08. The maximum Gasteiger partial charge on any atom is 0.385 e. The minimum atomic E-state index is -4.31. The minimum absolute atomic E-state index is 0.140. The molecular weight excluding hydrogens is 482 g/mol. The van der Waals surface area contributed by atoms with E-state index in [0.717, 1.165) is 29.8 Å². The Hall–Kier alpha value is -3.21. The molecule has 0 bridgehead atoms. The second kappa shape index (κ2) is 17.3. The van der Waals surface area contributed by atoms with Crippen molar-refractivity contribution in [2.75, 3.05) is 5.32 Å². The first-order chi connectivity index (χ1) is 17.9. The third-order valence-electron chi connectivity index (χ3n) is 6.08. The Morgan fingerprint density at radius 3 is 1.73 bits per heavy atom. The van der Waals surface area contributed by atoms with E-state index in [9.17, 15) is 13.0 Å². The molecule has 0 heterocycles. The second-order valence-electron chi connectivity index (χ2n) is 9.17. The van der Waals surface area contributed by atoms with Crippen LogP contribution in [0.4, 0.5) is 17.1 Å². The summed E-state index contributed by atoms with van der Waals surface area (Å²) < 4.78 is 32.5. The predicted molar refractivity (Wildman–Crippen MR) is 151 cm³/mol. The van der Waals surface area contributed by atoms with Crippen LogP contribution in [0, 0.1) is 5.39 Å². The molecule has 0 saturated heterocycles. The Bertz CT molecular complexity index is 1160. The highest BCUT2D eigenvalue weighted by Gasteiger charge is 2.03. The molecule has 0 saturated carbocycles. The molecule has 0 atom stereocenters. The van der Waals surface area contributed by atoms with Crippen LogP contribution in [0.2, 0.25) is 0 Å². The van der Waals surface area contributed by atoms with Crippen LogP contribution in [0.5, 0.6) is 0 Å². The smallest absolute Gasteiger partial charge is 0.385 e. The molecule has 6 nitrogen and oxygen atoms in total. The molecule has 1 N–H and O–H groups in total. The van der Waals surface area contributed by atoms with E-state index < -0.39 is 10.1 Å². The van der Waals surface area contributed by atoms with Gasteiger partial charge in [-0.2, -0.15) is 0 Å². The predicted octanol–water partition coefficient (Wildman–Crippen LogP) is 8.97. The molecule has 0 aliphatic carbocycles. The maximum absolute atomic E-state index is 10.8. The summed E-state index contributed by atoms with van der Waals surface area (Å²) in [6, 6.07) is 23.4. The average molecular weight is 522 g/mol. The van der Waals surface area contributed by atoms with Gasteiger partial charge in [0.2, 0.25) is 5.39 Å².